The lowest BCUT2D eigenvalue weighted by atomic mass is 10.1. The molecule has 0 radical (unpaired) electrons. The van der Waals surface area contributed by atoms with E-state index in [-0.39, 0.29) is 16.6 Å². The van der Waals surface area contributed by atoms with E-state index in [0.717, 1.165) is 5.56 Å². The number of ketones is 1. The van der Waals surface area contributed by atoms with Crippen LogP contribution in [0.3, 0.4) is 0 Å². The smallest absolute Gasteiger partial charge is 0.261 e. The van der Waals surface area contributed by atoms with Crippen LogP contribution in [0, 0.1) is 0 Å². The monoisotopic (exact) mass is 358 g/mol. The molecule has 7 heteroatoms. The Kier molecular flexibility index (Phi) is 4.59. The maximum absolute atomic E-state index is 12.6. The van der Waals surface area contributed by atoms with Crippen molar-refractivity contribution in [3.8, 4) is 0 Å². The molecule has 0 saturated heterocycles. The van der Waals surface area contributed by atoms with Gasteiger partial charge in [0, 0.05) is 23.4 Å². The van der Waals surface area contributed by atoms with Gasteiger partial charge in [-0.2, -0.15) is 0 Å². The third-order valence-corrected chi connectivity index (χ3v) is 5.41. The van der Waals surface area contributed by atoms with Crippen molar-refractivity contribution < 1.29 is 18.0 Å². The van der Waals surface area contributed by atoms with Crippen LogP contribution in [-0.2, 0) is 21.2 Å². The summed E-state index contributed by atoms with van der Waals surface area (Å²) >= 11 is 0. The molecule has 1 aliphatic rings. The molecule has 1 amide bonds. The van der Waals surface area contributed by atoms with Crippen molar-refractivity contribution >= 4 is 33.1 Å². The Bertz CT molecular complexity index is 951. The van der Waals surface area contributed by atoms with Gasteiger partial charge < -0.3 is 5.32 Å². The zero-order valence-corrected chi connectivity index (χ0v) is 14.5. The van der Waals surface area contributed by atoms with Gasteiger partial charge in [0.2, 0.25) is 5.91 Å². The zero-order valence-electron chi connectivity index (χ0n) is 13.7. The summed E-state index contributed by atoms with van der Waals surface area (Å²) < 4.78 is 27.8. The highest BCUT2D eigenvalue weighted by molar-refractivity contribution is 7.92. The van der Waals surface area contributed by atoms with Crippen LogP contribution < -0.4 is 10.0 Å². The predicted octanol–water partition coefficient (Wildman–Crippen LogP) is 2.96. The lowest BCUT2D eigenvalue weighted by molar-refractivity contribution is -0.116. The first-order valence-electron chi connectivity index (χ1n) is 7.92. The first kappa shape index (κ1) is 17.2. The highest BCUT2D eigenvalue weighted by Gasteiger charge is 2.19. The number of Topliss-reactive ketones (excluding diaryl/α,β-unsaturated/α-hetero) is 1. The Hall–Kier alpha value is -2.67. The van der Waals surface area contributed by atoms with Crippen LogP contribution in [0.15, 0.2) is 47.4 Å². The van der Waals surface area contributed by atoms with Gasteiger partial charge in [-0.15, -0.1) is 0 Å². The van der Waals surface area contributed by atoms with E-state index in [1.807, 2.05) is 0 Å². The Morgan fingerprint density at radius 2 is 1.92 bits per heavy atom. The lowest BCUT2D eigenvalue weighted by Crippen LogP contribution is -2.14. The standard InChI is InChI=1S/C18H18N2O4S/c1-12(21)13-4-2-6-15(10-13)20-25(23,24)16-8-9-17-14(11-16)5-3-7-18(22)19-17/h2,4,6,8-11,20H,3,5,7H2,1H3,(H,19,22). The number of nitrogens with one attached hydrogen (secondary N) is 2. The second-order valence-corrected chi connectivity index (χ2v) is 7.65. The molecule has 0 fully saturated rings. The molecule has 0 unspecified atom stereocenters. The zero-order chi connectivity index (χ0) is 18.0. The average Bonchev–Trinajstić information content (AvgIpc) is 2.74. The fourth-order valence-corrected chi connectivity index (χ4v) is 3.83. The Balaban J connectivity index is 1.90. The Labute approximate surface area is 146 Å². The highest BCUT2D eigenvalue weighted by Crippen LogP contribution is 2.26. The molecule has 3 rings (SSSR count). The van der Waals surface area contributed by atoms with Crippen LogP contribution in [0.25, 0.3) is 0 Å². The summed E-state index contributed by atoms with van der Waals surface area (Å²) in [6.07, 6.45) is 1.74. The van der Waals surface area contributed by atoms with Gasteiger partial charge in [-0.3, -0.25) is 14.3 Å². The molecule has 1 aliphatic heterocycles. The number of carbonyl (C=O) groups is 2. The fraction of sp³-hybridized carbons (Fsp3) is 0.222. The lowest BCUT2D eigenvalue weighted by Gasteiger charge is -2.12. The van der Waals surface area contributed by atoms with E-state index in [0.29, 0.717) is 36.2 Å². The molecule has 6 nitrogen and oxygen atoms in total. The SMILES string of the molecule is CC(=O)c1cccc(NS(=O)(=O)c2ccc3c(c2)CCCC(=O)N3)c1. The number of sulfonamides is 1. The predicted molar refractivity (Wildman–Crippen MR) is 95.3 cm³/mol. The van der Waals surface area contributed by atoms with Crippen molar-refractivity contribution in [2.75, 3.05) is 10.0 Å². The maximum atomic E-state index is 12.6. The minimum atomic E-state index is -3.79. The minimum absolute atomic E-state index is 0.0615. The normalized spacial score (nSPS) is 14.2. The Morgan fingerprint density at radius 1 is 1.12 bits per heavy atom. The van der Waals surface area contributed by atoms with E-state index in [4.69, 9.17) is 0 Å². The number of benzene rings is 2. The second kappa shape index (κ2) is 6.68. The third-order valence-electron chi connectivity index (χ3n) is 4.03. The number of aryl methyl sites for hydroxylation is 1. The first-order valence-corrected chi connectivity index (χ1v) is 9.40. The summed E-state index contributed by atoms with van der Waals surface area (Å²) in [5.74, 6) is -0.199. The largest absolute Gasteiger partial charge is 0.326 e. The number of carbonyl (C=O) groups excluding carboxylic acids is 2. The molecule has 0 bridgehead atoms. The van der Waals surface area contributed by atoms with Crippen molar-refractivity contribution in [3.63, 3.8) is 0 Å². The molecule has 0 aliphatic carbocycles. The van der Waals surface area contributed by atoms with E-state index >= 15 is 0 Å². The summed E-state index contributed by atoms with van der Waals surface area (Å²) in [7, 11) is -3.79. The molecule has 0 spiro atoms. The van der Waals surface area contributed by atoms with E-state index in [9.17, 15) is 18.0 Å². The van der Waals surface area contributed by atoms with Crippen LogP contribution >= 0.6 is 0 Å². The summed E-state index contributed by atoms with van der Waals surface area (Å²) in [6.45, 7) is 1.42. The van der Waals surface area contributed by atoms with Gasteiger partial charge in [0.05, 0.1) is 4.90 Å². The van der Waals surface area contributed by atoms with E-state index in [2.05, 4.69) is 10.0 Å². The van der Waals surface area contributed by atoms with Crippen LogP contribution in [0.5, 0.6) is 0 Å². The van der Waals surface area contributed by atoms with Crippen LogP contribution in [0.1, 0.15) is 35.7 Å². The van der Waals surface area contributed by atoms with Crippen molar-refractivity contribution in [2.45, 2.75) is 31.1 Å². The summed E-state index contributed by atoms with van der Waals surface area (Å²) in [4.78, 5) is 23.1. The molecule has 130 valence electrons. The highest BCUT2D eigenvalue weighted by atomic mass is 32.2. The molecular formula is C18H18N2O4S. The van der Waals surface area contributed by atoms with E-state index in [1.165, 1.54) is 19.1 Å². The second-order valence-electron chi connectivity index (χ2n) is 5.96. The van der Waals surface area contributed by atoms with Gasteiger partial charge in [-0.25, -0.2) is 8.42 Å². The van der Waals surface area contributed by atoms with Gasteiger partial charge in [0.1, 0.15) is 0 Å². The molecule has 0 saturated carbocycles. The molecule has 0 aromatic heterocycles. The topological polar surface area (TPSA) is 92.3 Å². The van der Waals surface area contributed by atoms with Crippen LogP contribution in [-0.4, -0.2) is 20.1 Å². The number of amides is 1. The average molecular weight is 358 g/mol. The number of rotatable bonds is 4. The molecule has 1 heterocycles. The Morgan fingerprint density at radius 3 is 2.68 bits per heavy atom. The van der Waals surface area contributed by atoms with Gasteiger partial charge >= 0.3 is 0 Å². The van der Waals surface area contributed by atoms with Crippen LogP contribution in [0.4, 0.5) is 11.4 Å². The van der Waals surface area contributed by atoms with Crippen LogP contribution in [0.2, 0.25) is 0 Å². The van der Waals surface area contributed by atoms with Crippen molar-refractivity contribution in [1.82, 2.24) is 0 Å². The number of anilines is 2. The van der Waals surface area contributed by atoms with Gasteiger partial charge in [0.25, 0.3) is 10.0 Å². The summed E-state index contributed by atoms with van der Waals surface area (Å²) in [5.41, 5.74) is 2.21. The van der Waals surface area contributed by atoms with Gasteiger partial charge in [-0.1, -0.05) is 12.1 Å². The summed E-state index contributed by atoms with van der Waals surface area (Å²) in [6, 6.07) is 11.0. The van der Waals surface area contributed by atoms with Crippen molar-refractivity contribution in [2.24, 2.45) is 0 Å². The molecule has 2 aromatic carbocycles. The fourth-order valence-electron chi connectivity index (χ4n) is 2.73. The quantitative estimate of drug-likeness (QED) is 0.822. The summed E-state index contributed by atoms with van der Waals surface area (Å²) in [5, 5.41) is 2.78. The van der Waals surface area contributed by atoms with Crippen molar-refractivity contribution in [1.29, 1.82) is 0 Å². The van der Waals surface area contributed by atoms with E-state index < -0.39 is 10.0 Å². The molecular weight excluding hydrogens is 340 g/mol. The number of fused-ring (bicyclic) bond motifs is 1. The maximum Gasteiger partial charge on any atom is 0.261 e. The minimum Gasteiger partial charge on any atom is -0.326 e. The molecule has 25 heavy (non-hydrogen) atoms. The molecule has 2 N–H and O–H groups in total. The number of hydrogen-bond acceptors (Lipinski definition) is 4. The van der Waals surface area contributed by atoms with Crippen molar-refractivity contribution in [3.05, 3.63) is 53.6 Å². The molecule has 2 aromatic rings. The number of hydrogen-bond donors (Lipinski definition) is 2. The first-order chi connectivity index (χ1) is 11.8. The third kappa shape index (κ3) is 3.88. The van der Waals surface area contributed by atoms with Gasteiger partial charge in [-0.05, 0) is 55.7 Å². The van der Waals surface area contributed by atoms with E-state index in [1.54, 1.807) is 30.3 Å². The molecule has 0 atom stereocenters. The van der Waals surface area contributed by atoms with Gasteiger partial charge in [0.15, 0.2) is 5.78 Å².